The lowest BCUT2D eigenvalue weighted by molar-refractivity contribution is 0.740. The van der Waals surface area contributed by atoms with E-state index in [1.807, 2.05) is 0 Å². The molecular weight excluding hydrogens is 303 g/mol. The van der Waals surface area contributed by atoms with E-state index < -0.39 is 0 Å². The van der Waals surface area contributed by atoms with Crippen LogP contribution in [0, 0.1) is 4.77 Å². The molecule has 0 saturated carbocycles. The number of hydrogen-bond acceptors (Lipinski definition) is 3. The molecule has 1 aromatic heterocycles. The Balaban J connectivity index is 2.38. The van der Waals surface area contributed by atoms with Crippen LogP contribution in [0.3, 0.4) is 0 Å². The summed E-state index contributed by atoms with van der Waals surface area (Å²) >= 11 is 17.3. The molecule has 0 unspecified atom stereocenters. The zero-order chi connectivity index (χ0) is 13.8. The highest BCUT2D eigenvalue weighted by molar-refractivity contribution is 7.71. The van der Waals surface area contributed by atoms with E-state index in [0.717, 1.165) is 18.7 Å². The molecule has 0 atom stereocenters. The quantitative estimate of drug-likeness (QED) is 0.682. The molecule has 1 N–H and O–H groups in total. The highest BCUT2D eigenvalue weighted by atomic mass is 35.5. The Labute approximate surface area is 126 Å². The summed E-state index contributed by atoms with van der Waals surface area (Å²) in [6.45, 7) is 2.07. The molecule has 0 radical (unpaired) electrons. The number of H-pyrrole nitrogens is 1. The molecule has 0 amide bonds. The first kappa shape index (κ1) is 14.2. The van der Waals surface area contributed by atoms with Crippen molar-refractivity contribution >= 4 is 41.6 Å². The van der Waals surface area contributed by atoms with E-state index in [1.54, 1.807) is 29.1 Å². The first-order valence-electron chi connectivity index (χ1n) is 5.78. The summed E-state index contributed by atoms with van der Waals surface area (Å²) in [7, 11) is 0. The molecule has 0 fully saturated rings. The minimum Gasteiger partial charge on any atom is -0.250 e. The molecular formula is C12H12Cl2N4S. The van der Waals surface area contributed by atoms with E-state index in [0.29, 0.717) is 20.4 Å². The Hall–Kier alpha value is -1.17. The molecule has 7 heteroatoms. The molecule has 100 valence electrons. The number of halogens is 2. The summed E-state index contributed by atoms with van der Waals surface area (Å²) in [6.07, 6.45) is 3.35. The molecule has 2 rings (SSSR count). The van der Waals surface area contributed by atoms with Gasteiger partial charge in [-0.1, -0.05) is 36.2 Å². The molecule has 0 bridgehead atoms. The van der Waals surface area contributed by atoms with E-state index in [9.17, 15) is 0 Å². The molecule has 0 aliphatic carbocycles. The summed E-state index contributed by atoms with van der Waals surface area (Å²) in [5, 5.41) is 12.2. The lowest BCUT2D eigenvalue weighted by atomic mass is 10.2. The van der Waals surface area contributed by atoms with Gasteiger partial charge in [-0.05, 0) is 30.8 Å². The van der Waals surface area contributed by atoms with Crippen molar-refractivity contribution in [3.05, 3.63) is 44.4 Å². The van der Waals surface area contributed by atoms with E-state index in [-0.39, 0.29) is 0 Å². The lowest BCUT2D eigenvalue weighted by Crippen LogP contribution is -1.99. The fourth-order valence-electron chi connectivity index (χ4n) is 1.58. The first-order valence-corrected chi connectivity index (χ1v) is 6.94. The third-order valence-corrected chi connectivity index (χ3v) is 3.42. The van der Waals surface area contributed by atoms with Crippen molar-refractivity contribution in [3.8, 4) is 0 Å². The second-order valence-electron chi connectivity index (χ2n) is 3.89. The number of rotatable bonds is 4. The van der Waals surface area contributed by atoms with Crippen LogP contribution in [0.5, 0.6) is 0 Å². The summed E-state index contributed by atoms with van der Waals surface area (Å²) in [6, 6.07) is 5.31. The monoisotopic (exact) mass is 314 g/mol. The molecule has 0 saturated heterocycles. The van der Waals surface area contributed by atoms with Crippen molar-refractivity contribution in [2.45, 2.75) is 19.8 Å². The van der Waals surface area contributed by atoms with Gasteiger partial charge in [0.25, 0.3) is 0 Å². The Bertz CT molecular complexity index is 640. The van der Waals surface area contributed by atoms with Crippen LogP contribution in [0.25, 0.3) is 0 Å². The van der Waals surface area contributed by atoms with Crippen molar-refractivity contribution < 1.29 is 0 Å². The van der Waals surface area contributed by atoms with Gasteiger partial charge in [-0.3, -0.25) is 5.10 Å². The van der Waals surface area contributed by atoms with Gasteiger partial charge in [0.2, 0.25) is 4.77 Å². The van der Waals surface area contributed by atoms with Crippen LogP contribution in [0.1, 0.15) is 24.7 Å². The maximum absolute atomic E-state index is 6.08. The standard InChI is InChI=1S/C12H12Cl2N4S/c1-2-4-11-16-17-12(19)18(11)15-7-8-9(13)5-3-6-10(8)14/h3,5-7H,2,4H2,1H3,(H,17,19)/b15-7-. The highest BCUT2D eigenvalue weighted by Crippen LogP contribution is 2.22. The van der Waals surface area contributed by atoms with Gasteiger partial charge in [0, 0.05) is 12.0 Å². The normalized spacial score (nSPS) is 11.3. The van der Waals surface area contributed by atoms with Gasteiger partial charge in [-0.2, -0.15) is 14.9 Å². The van der Waals surface area contributed by atoms with Gasteiger partial charge < -0.3 is 0 Å². The highest BCUT2D eigenvalue weighted by Gasteiger charge is 2.05. The predicted molar refractivity (Wildman–Crippen MR) is 80.9 cm³/mol. The molecule has 4 nitrogen and oxygen atoms in total. The van der Waals surface area contributed by atoms with E-state index in [1.165, 1.54) is 0 Å². The zero-order valence-corrected chi connectivity index (χ0v) is 12.6. The first-order chi connectivity index (χ1) is 9.13. The second kappa shape index (κ2) is 6.32. The van der Waals surface area contributed by atoms with Crippen LogP contribution in [-0.4, -0.2) is 21.1 Å². The fraction of sp³-hybridized carbons (Fsp3) is 0.250. The summed E-state index contributed by atoms with van der Waals surface area (Å²) < 4.78 is 2.03. The minimum absolute atomic E-state index is 0.447. The maximum atomic E-state index is 6.08. The zero-order valence-electron chi connectivity index (χ0n) is 10.2. The van der Waals surface area contributed by atoms with Crippen molar-refractivity contribution in [2.24, 2.45) is 5.10 Å². The number of benzene rings is 1. The van der Waals surface area contributed by atoms with Crippen LogP contribution < -0.4 is 0 Å². The Morgan fingerprint density at radius 2 is 2.11 bits per heavy atom. The van der Waals surface area contributed by atoms with Crippen molar-refractivity contribution in [1.29, 1.82) is 0 Å². The Kier molecular flexibility index (Phi) is 4.74. The molecule has 0 aliphatic heterocycles. The van der Waals surface area contributed by atoms with Gasteiger partial charge in [0.1, 0.15) is 0 Å². The average Bonchev–Trinajstić information content (AvgIpc) is 2.71. The number of aromatic amines is 1. The average molecular weight is 315 g/mol. The van der Waals surface area contributed by atoms with E-state index in [2.05, 4.69) is 22.2 Å². The van der Waals surface area contributed by atoms with Crippen LogP contribution >= 0.6 is 35.4 Å². The molecule has 0 aliphatic rings. The molecule has 1 aromatic carbocycles. The van der Waals surface area contributed by atoms with Gasteiger partial charge in [0.05, 0.1) is 16.3 Å². The molecule has 1 heterocycles. The van der Waals surface area contributed by atoms with Crippen LogP contribution in [0.2, 0.25) is 10.0 Å². The van der Waals surface area contributed by atoms with Crippen LogP contribution in [-0.2, 0) is 6.42 Å². The largest absolute Gasteiger partial charge is 0.250 e. The third-order valence-electron chi connectivity index (χ3n) is 2.49. The van der Waals surface area contributed by atoms with Gasteiger partial charge >= 0.3 is 0 Å². The molecule has 19 heavy (non-hydrogen) atoms. The topological polar surface area (TPSA) is 46.0 Å². The molecule has 2 aromatic rings. The van der Waals surface area contributed by atoms with E-state index >= 15 is 0 Å². The van der Waals surface area contributed by atoms with Gasteiger partial charge in [-0.15, -0.1) is 0 Å². The van der Waals surface area contributed by atoms with Crippen molar-refractivity contribution in [1.82, 2.24) is 14.9 Å². The van der Waals surface area contributed by atoms with Crippen molar-refractivity contribution in [3.63, 3.8) is 0 Å². The summed E-state index contributed by atoms with van der Waals surface area (Å²) in [5.41, 5.74) is 0.663. The van der Waals surface area contributed by atoms with Crippen molar-refractivity contribution in [2.75, 3.05) is 0 Å². The van der Waals surface area contributed by atoms with Gasteiger partial charge in [0.15, 0.2) is 5.82 Å². The maximum Gasteiger partial charge on any atom is 0.216 e. The van der Waals surface area contributed by atoms with Gasteiger partial charge in [-0.25, -0.2) is 0 Å². The van der Waals surface area contributed by atoms with Crippen LogP contribution in [0.15, 0.2) is 23.3 Å². The Morgan fingerprint density at radius 1 is 1.42 bits per heavy atom. The summed E-state index contributed by atoms with van der Waals surface area (Å²) in [5.74, 6) is 0.784. The number of hydrogen-bond donors (Lipinski definition) is 1. The number of aromatic nitrogens is 3. The Morgan fingerprint density at radius 3 is 2.74 bits per heavy atom. The number of nitrogens with one attached hydrogen (secondary N) is 1. The number of nitrogens with zero attached hydrogens (tertiary/aromatic N) is 3. The SMILES string of the molecule is CCCc1n[nH]c(=S)n1/N=C\c1c(Cl)cccc1Cl. The van der Waals surface area contributed by atoms with Crippen LogP contribution in [0.4, 0.5) is 0 Å². The predicted octanol–water partition coefficient (Wildman–Crippen LogP) is 4.08. The smallest absolute Gasteiger partial charge is 0.216 e. The fourth-order valence-corrected chi connectivity index (χ4v) is 2.27. The van der Waals surface area contributed by atoms with E-state index in [4.69, 9.17) is 35.4 Å². The second-order valence-corrected chi connectivity index (χ2v) is 5.09. The lowest BCUT2D eigenvalue weighted by Gasteiger charge is -2.01. The summed E-state index contributed by atoms with van der Waals surface area (Å²) in [4.78, 5) is 0. The number of aryl methyl sites for hydroxylation is 1. The third kappa shape index (κ3) is 3.23. The molecule has 0 spiro atoms. The minimum atomic E-state index is 0.447.